The molecule has 0 N–H and O–H groups in total. The van der Waals surface area contributed by atoms with Crippen LogP contribution in [0.25, 0.3) is 0 Å². The Labute approximate surface area is 138 Å². The predicted octanol–water partition coefficient (Wildman–Crippen LogP) is 1.45. The van der Waals surface area contributed by atoms with Crippen molar-refractivity contribution in [3.63, 3.8) is 0 Å². The monoisotopic (exact) mass is 340 g/mol. The Kier molecular flexibility index (Phi) is 5.21. The number of methoxy groups -OCH3 is 1. The molecule has 0 aliphatic carbocycles. The Bertz CT molecular complexity index is 611. The van der Waals surface area contributed by atoms with Gasteiger partial charge in [-0.3, -0.25) is 0 Å². The molecule has 23 heavy (non-hydrogen) atoms. The maximum Gasteiger partial charge on any atom is 0.282 e. The summed E-state index contributed by atoms with van der Waals surface area (Å²) >= 11 is 0. The maximum absolute atomic E-state index is 12.8. The van der Waals surface area contributed by atoms with E-state index in [1.807, 2.05) is 24.3 Å². The Morgan fingerprint density at radius 2 is 1.78 bits per heavy atom. The van der Waals surface area contributed by atoms with E-state index in [1.54, 1.807) is 15.7 Å². The highest BCUT2D eigenvalue weighted by Gasteiger charge is 2.34. The van der Waals surface area contributed by atoms with Crippen LogP contribution in [0.2, 0.25) is 0 Å². The van der Waals surface area contributed by atoms with Gasteiger partial charge in [0.1, 0.15) is 5.75 Å². The molecule has 2 aliphatic heterocycles. The molecule has 3 rings (SSSR count). The Hall–Kier alpha value is -1.15. The summed E-state index contributed by atoms with van der Waals surface area (Å²) in [6, 6.07) is 7.94. The standard InChI is InChI=1S/C16H24N2O4S/c1-21-16-6-4-14(5-7-16)15-3-2-8-18(13-15)23(19,20)17-9-11-22-12-10-17/h4-7,15H,2-3,8-13H2,1H3. The van der Waals surface area contributed by atoms with Gasteiger partial charge >= 0.3 is 0 Å². The van der Waals surface area contributed by atoms with Gasteiger partial charge in [0.15, 0.2) is 0 Å². The quantitative estimate of drug-likeness (QED) is 0.832. The van der Waals surface area contributed by atoms with Gasteiger partial charge in [0.25, 0.3) is 10.2 Å². The van der Waals surface area contributed by atoms with Gasteiger partial charge in [-0.2, -0.15) is 17.0 Å². The number of hydrogen-bond acceptors (Lipinski definition) is 4. The molecule has 7 heteroatoms. The minimum Gasteiger partial charge on any atom is -0.497 e. The van der Waals surface area contributed by atoms with Gasteiger partial charge in [-0.05, 0) is 36.5 Å². The molecular formula is C16H24N2O4S. The van der Waals surface area contributed by atoms with Crippen LogP contribution in [-0.4, -0.2) is 63.5 Å². The molecule has 0 amide bonds. The summed E-state index contributed by atoms with van der Waals surface area (Å²) in [5.41, 5.74) is 1.17. The highest BCUT2D eigenvalue weighted by Crippen LogP contribution is 2.30. The highest BCUT2D eigenvalue weighted by molar-refractivity contribution is 7.86. The molecule has 0 aromatic heterocycles. The predicted molar refractivity (Wildman–Crippen MR) is 87.9 cm³/mol. The lowest BCUT2D eigenvalue weighted by molar-refractivity contribution is 0.0695. The third-order valence-electron chi connectivity index (χ3n) is 4.59. The average molecular weight is 340 g/mol. The minimum absolute atomic E-state index is 0.241. The van der Waals surface area contributed by atoms with Crippen molar-refractivity contribution in [2.45, 2.75) is 18.8 Å². The molecular weight excluding hydrogens is 316 g/mol. The smallest absolute Gasteiger partial charge is 0.282 e. The highest BCUT2D eigenvalue weighted by atomic mass is 32.2. The molecule has 1 unspecified atom stereocenters. The van der Waals surface area contributed by atoms with Gasteiger partial charge in [-0.25, -0.2) is 0 Å². The molecule has 6 nitrogen and oxygen atoms in total. The second-order valence-corrected chi connectivity index (χ2v) is 7.92. The zero-order valence-corrected chi connectivity index (χ0v) is 14.3. The zero-order chi connectivity index (χ0) is 16.3. The Morgan fingerprint density at radius 1 is 1.09 bits per heavy atom. The van der Waals surface area contributed by atoms with Crippen molar-refractivity contribution in [3.8, 4) is 5.75 Å². The number of ether oxygens (including phenoxy) is 2. The van der Waals surface area contributed by atoms with Crippen LogP contribution in [0.4, 0.5) is 0 Å². The van der Waals surface area contributed by atoms with E-state index in [2.05, 4.69) is 0 Å². The van der Waals surface area contributed by atoms with E-state index in [9.17, 15) is 8.42 Å². The molecule has 2 heterocycles. The first-order valence-corrected chi connectivity index (χ1v) is 9.48. The summed E-state index contributed by atoms with van der Waals surface area (Å²) < 4.78 is 39.2. The van der Waals surface area contributed by atoms with Crippen molar-refractivity contribution in [2.75, 3.05) is 46.5 Å². The topological polar surface area (TPSA) is 59.1 Å². The SMILES string of the molecule is COc1ccc(C2CCCN(S(=O)(=O)N3CCOCC3)C2)cc1. The third-order valence-corrected chi connectivity index (χ3v) is 6.60. The van der Waals surface area contributed by atoms with Crippen LogP contribution in [-0.2, 0) is 14.9 Å². The molecule has 2 aliphatic rings. The van der Waals surface area contributed by atoms with Crippen LogP contribution in [0.3, 0.4) is 0 Å². The van der Waals surface area contributed by atoms with Crippen LogP contribution < -0.4 is 4.74 Å². The van der Waals surface area contributed by atoms with E-state index < -0.39 is 10.2 Å². The summed E-state index contributed by atoms with van der Waals surface area (Å²) in [6.45, 7) is 3.01. The lowest BCUT2D eigenvalue weighted by atomic mass is 9.92. The van der Waals surface area contributed by atoms with E-state index in [0.717, 1.165) is 18.6 Å². The third kappa shape index (κ3) is 3.68. The van der Waals surface area contributed by atoms with E-state index >= 15 is 0 Å². The fraction of sp³-hybridized carbons (Fsp3) is 0.625. The molecule has 2 saturated heterocycles. The van der Waals surface area contributed by atoms with Crippen LogP contribution in [0.15, 0.2) is 24.3 Å². The second kappa shape index (κ2) is 7.17. The minimum atomic E-state index is -3.38. The van der Waals surface area contributed by atoms with Crippen molar-refractivity contribution in [1.82, 2.24) is 8.61 Å². The number of hydrogen-bond donors (Lipinski definition) is 0. The molecule has 1 aromatic carbocycles. The first-order chi connectivity index (χ1) is 11.1. The zero-order valence-electron chi connectivity index (χ0n) is 13.5. The van der Waals surface area contributed by atoms with Crippen LogP contribution >= 0.6 is 0 Å². The summed E-state index contributed by atoms with van der Waals surface area (Å²) in [5, 5.41) is 0. The molecule has 0 radical (unpaired) electrons. The Balaban J connectivity index is 1.71. The molecule has 0 spiro atoms. The molecule has 128 valence electrons. The molecule has 1 aromatic rings. The summed E-state index contributed by atoms with van der Waals surface area (Å²) in [7, 11) is -1.73. The van der Waals surface area contributed by atoms with Crippen LogP contribution in [0.1, 0.15) is 24.3 Å². The van der Waals surface area contributed by atoms with Crippen molar-refractivity contribution in [3.05, 3.63) is 29.8 Å². The lowest BCUT2D eigenvalue weighted by Crippen LogP contribution is -2.51. The van der Waals surface area contributed by atoms with Crippen molar-refractivity contribution >= 4 is 10.2 Å². The first-order valence-electron chi connectivity index (χ1n) is 8.08. The molecule has 0 saturated carbocycles. The number of piperidine rings is 1. The number of nitrogens with zero attached hydrogens (tertiary/aromatic N) is 2. The summed E-state index contributed by atoms with van der Waals surface area (Å²) in [4.78, 5) is 0. The van der Waals surface area contributed by atoms with Gasteiger partial charge in [0, 0.05) is 26.2 Å². The fourth-order valence-corrected chi connectivity index (χ4v) is 4.91. The normalized spacial score (nSPS) is 24.5. The fourth-order valence-electron chi connectivity index (χ4n) is 3.24. The van der Waals surface area contributed by atoms with Gasteiger partial charge in [-0.1, -0.05) is 12.1 Å². The van der Waals surface area contributed by atoms with E-state index in [0.29, 0.717) is 39.4 Å². The van der Waals surface area contributed by atoms with Crippen molar-refractivity contribution in [1.29, 1.82) is 0 Å². The van der Waals surface area contributed by atoms with Gasteiger partial charge < -0.3 is 9.47 Å². The van der Waals surface area contributed by atoms with Gasteiger partial charge in [0.05, 0.1) is 20.3 Å². The first kappa shape index (κ1) is 16.7. The van der Waals surface area contributed by atoms with Crippen LogP contribution in [0, 0.1) is 0 Å². The summed E-state index contributed by atoms with van der Waals surface area (Å²) in [5.74, 6) is 1.06. The molecule has 0 bridgehead atoms. The van der Waals surface area contributed by atoms with E-state index in [1.165, 1.54) is 5.56 Å². The lowest BCUT2D eigenvalue weighted by Gasteiger charge is -2.36. The van der Waals surface area contributed by atoms with Crippen molar-refractivity contribution in [2.24, 2.45) is 0 Å². The largest absolute Gasteiger partial charge is 0.497 e. The van der Waals surface area contributed by atoms with E-state index in [4.69, 9.17) is 9.47 Å². The number of morpholine rings is 1. The maximum atomic E-state index is 12.8. The molecule has 1 atom stereocenters. The average Bonchev–Trinajstić information content (AvgIpc) is 2.62. The van der Waals surface area contributed by atoms with Crippen LogP contribution in [0.5, 0.6) is 5.75 Å². The molecule has 2 fully saturated rings. The van der Waals surface area contributed by atoms with Gasteiger partial charge in [0.2, 0.25) is 0 Å². The number of benzene rings is 1. The Morgan fingerprint density at radius 3 is 2.43 bits per heavy atom. The number of rotatable bonds is 4. The van der Waals surface area contributed by atoms with Crippen molar-refractivity contribution < 1.29 is 17.9 Å². The van der Waals surface area contributed by atoms with E-state index in [-0.39, 0.29) is 5.92 Å². The summed E-state index contributed by atoms with van der Waals surface area (Å²) in [6.07, 6.45) is 1.90. The van der Waals surface area contributed by atoms with Gasteiger partial charge in [-0.15, -0.1) is 0 Å². The second-order valence-electron chi connectivity index (χ2n) is 5.99.